The van der Waals surface area contributed by atoms with Crippen LogP contribution in [0.5, 0.6) is 0 Å². The van der Waals surface area contributed by atoms with Gasteiger partial charge in [-0.2, -0.15) is 0 Å². The number of anilines is 1. The largest absolute Gasteiger partial charge is 0.443 e. The topological polar surface area (TPSA) is 113 Å². The van der Waals surface area contributed by atoms with Gasteiger partial charge in [-0.25, -0.2) is 9.97 Å². The van der Waals surface area contributed by atoms with Crippen LogP contribution in [0.2, 0.25) is 5.02 Å². The normalized spacial score (nSPS) is 14.3. The van der Waals surface area contributed by atoms with Gasteiger partial charge in [0.2, 0.25) is 5.89 Å². The van der Waals surface area contributed by atoms with E-state index in [1.54, 1.807) is 36.5 Å². The summed E-state index contributed by atoms with van der Waals surface area (Å²) < 4.78 is 11.0. The van der Waals surface area contributed by atoms with Gasteiger partial charge in [-0.3, -0.25) is 9.59 Å². The molecule has 1 aliphatic rings. The Labute approximate surface area is 228 Å². The lowest BCUT2D eigenvalue weighted by atomic mass is 9.94. The van der Waals surface area contributed by atoms with E-state index in [-0.39, 0.29) is 17.2 Å². The van der Waals surface area contributed by atoms with E-state index in [4.69, 9.17) is 20.8 Å². The second-order valence-electron chi connectivity index (χ2n) is 9.09. The second kappa shape index (κ2) is 10.7. The van der Waals surface area contributed by atoms with Gasteiger partial charge in [-0.05, 0) is 35.9 Å². The smallest absolute Gasteiger partial charge is 0.252 e. The van der Waals surface area contributed by atoms with E-state index in [1.807, 2.05) is 30.3 Å². The maximum Gasteiger partial charge on any atom is 0.252 e. The van der Waals surface area contributed by atoms with E-state index in [9.17, 15) is 9.59 Å². The molecule has 1 fully saturated rings. The Morgan fingerprint density at radius 2 is 1.85 bits per heavy atom. The molecule has 1 amide bonds. The predicted molar refractivity (Wildman–Crippen MR) is 148 cm³/mol. The van der Waals surface area contributed by atoms with Crippen molar-refractivity contribution in [1.29, 1.82) is 0 Å². The molecule has 2 N–H and O–H groups in total. The lowest BCUT2D eigenvalue weighted by Crippen LogP contribution is -2.37. The SMILES string of the molecule is O=C(NC(c1ccccc1)c1c(-c2ncco2)[nH]c2cc(Cl)ccc2c1=O)c1ccnc(N2CCOCC2)c1. The minimum Gasteiger partial charge on any atom is -0.443 e. The van der Waals surface area contributed by atoms with Gasteiger partial charge in [-0.15, -0.1) is 0 Å². The molecule has 0 bridgehead atoms. The number of hydrogen-bond acceptors (Lipinski definition) is 7. The fraction of sp³-hybridized carbons (Fsp3) is 0.172. The van der Waals surface area contributed by atoms with Crippen LogP contribution in [0.1, 0.15) is 27.5 Å². The van der Waals surface area contributed by atoms with Gasteiger partial charge in [-0.1, -0.05) is 41.9 Å². The summed E-state index contributed by atoms with van der Waals surface area (Å²) in [7, 11) is 0. The minimum absolute atomic E-state index is 0.220. The van der Waals surface area contributed by atoms with Gasteiger partial charge < -0.3 is 24.4 Å². The lowest BCUT2D eigenvalue weighted by molar-refractivity contribution is 0.0942. The first kappa shape index (κ1) is 24.8. The number of halogens is 1. The molecule has 0 spiro atoms. The summed E-state index contributed by atoms with van der Waals surface area (Å²) in [6.45, 7) is 2.60. The fourth-order valence-corrected chi connectivity index (χ4v) is 4.95. The molecule has 2 aromatic carbocycles. The summed E-state index contributed by atoms with van der Waals surface area (Å²) in [4.78, 5) is 41.8. The number of carbonyl (C=O) groups excluding carboxylic acids is 1. The number of morpholine rings is 1. The number of nitrogens with one attached hydrogen (secondary N) is 2. The molecule has 0 aliphatic carbocycles. The average Bonchev–Trinajstić information content (AvgIpc) is 3.52. The van der Waals surface area contributed by atoms with Gasteiger partial charge in [0.15, 0.2) is 5.43 Å². The van der Waals surface area contributed by atoms with Crippen molar-refractivity contribution in [2.45, 2.75) is 6.04 Å². The molecule has 1 aliphatic heterocycles. The van der Waals surface area contributed by atoms with E-state index in [1.165, 1.54) is 12.5 Å². The Hall–Kier alpha value is -4.47. The Morgan fingerprint density at radius 3 is 2.62 bits per heavy atom. The van der Waals surface area contributed by atoms with E-state index < -0.39 is 6.04 Å². The first-order valence-corrected chi connectivity index (χ1v) is 12.9. The number of rotatable bonds is 6. The number of oxazole rings is 1. The third-order valence-electron chi connectivity index (χ3n) is 6.69. The molecule has 0 saturated carbocycles. The Balaban J connectivity index is 1.47. The first-order valence-electron chi connectivity index (χ1n) is 12.5. The van der Waals surface area contributed by atoms with E-state index >= 15 is 0 Å². The maximum absolute atomic E-state index is 14.0. The number of benzene rings is 2. The summed E-state index contributed by atoms with van der Waals surface area (Å²) in [5.41, 5.74) is 2.07. The molecule has 4 heterocycles. The molecule has 196 valence electrons. The fourth-order valence-electron chi connectivity index (χ4n) is 4.78. The van der Waals surface area contributed by atoms with Gasteiger partial charge in [0.1, 0.15) is 17.8 Å². The number of ether oxygens (including phenoxy) is 1. The highest BCUT2D eigenvalue weighted by atomic mass is 35.5. The quantitative estimate of drug-likeness (QED) is 0.323. The molecule has 10 heteroatoms. The van der Waals surface area contributed by atoms with E-state index in [0.29, 0.717) is 64.9 Å². The van der Waals surface area contributed by atoms with E-state index in [0.717, 1.165) is 5.56 Å². The summed E-state index contributed by atoms with van der Waals surface area (Å²) in [5, 5.41) is 4.00. The van der Waals surface area contributed by atoms with Crippen molar-refractivity contribution in [2.24, 2.45) is 0 Å². The second-order valence-corrected chi connectivity index (χ2v) is 9.53. The molecule has 39 heavy (non-hydrogen) atoms. The minimum atomic E-state index is -0.815. The molecular weight excluding hydrogens is 518 g/mol. The van der Waals surface area contributed by atoms with E-state index in [2.05, 4.69) is 25.2 Å². The maximum atomic E-state index is 14.0. The molecule has 1 atom stereocenters. The molecule has 9 nitrogen and oxygen atoms in total. The highest BCUT2D eigenvalue weighted by Gasteiger charge is 2.28. The highest BCUT2D eigenvalue weighted by molar-refractivity contribution is 6.31. The van der Waals surface area contributed by atoms with Crippen LogP contribution < -0.4 is 15.6 Å². The molecule has 0 radical (unpaired) electrons. The third-order valence-corrected chi connectivity index (χ3v) is 6.92. The van der Waals surface area contributed by atoms with Crippen molar-refractivity contribution in [3.8, 4) is 11.6 Å². The Morgan fingerprint density at radius 1 is 1.03 bits per heavy atom. The van der Waals surface area contributed by atoms with Crippen LogP contribution in [0.25, 0.3) is 22.5 Å². The van der Waals surface area contributed by atoms with Crippen LogP contribution >= 0.6 is 11.6 Å². The summed E-state index contributed by atoms with van der Waals surface area (Å²) in [6, 6.07) is 16.9. The van der Waals surface area contributed by atoms with Gasteiger partial charge in [0, 0.05) is 35.3 Å². The molecule has 6 rings (SSSR count). The van der Waals surface area contributed by atoms with Crippen molar-refractivity contribution in [1.82, 2.24) is 20.3 Å². The van der Waals surface area contributed by atoms with Crippen LogP contribution in [0.4, 0.5) is 5.82 Å². The summed E-state index contributed by atoms with van der Waals surface area (Å²) in [5.74, 6) is 0.565. The summed E-state index contributed by atoms with van der Waals surface area (Å²) in [6.07, 6.45) is 4.54. The number of aromatic nitrogens is 3. The molecule has 1 saturated heterocycles. The molecule has 5 aromatic rings. The highest BCUT2D eigenvalue weighted by Crippen LogP contribution is 2.31. The monoisotopic (exact) mass is 541 g/mol. The number of pyridine rings is 2. The number of H-pyrrole nitrogens is 1. The molecule has 3 aromatic heterocycles. The van der Waals surface area contributed by atoms with Crippen molar-refractivity contribution in [3.05, 3.63) is 111 Å². The lowest BCUT2D eigenvalue weighted by Gasteiger charge is -2.28. The predicted octanol–water partition coefficient (Wildman–Crippen LogP) is 4.59. The van der Waals surface area contributed by atoms with Crippen molar-refractivity contribution in [3.63, 3.8) is 0 Å². The van der Waals surface area contributed by atoms with Crippen LogP contribution in [0, 0.1) is 0 Å². The van der Waals surface area contributed by atoms with Crippen molar-refractivity contribution in [2.75, 3.05) is 31.2 Å². The molecule has 1 unspecified atom stereocenters. The zero-order chi connectivity index (χ0) is 26.8. The van der Waals surface area contributed by atoms with Crippen LogP contribution in [0.3, 0.4) is 0 Å². The Bertz CT molecular complexity index is 1680. The zero-order valence-electron chi connectivity index (χ0n) is 20.8. The number of amides is 1. The van der Waals surface area contributed by atoms with Crippen LogP contribution in [-0.4, -0.2) is 47.2 Å². The van der Waals surface area contributed by atoms with Gasteiger partial charge in [0.25, 0.3) is 5.91 Å². The standard InChI is InChI=1S/C29H24ClN5O4/c30-20-6-7-21-22(17-20)33-26(29-32-10-13-39-29)24(27(21)36)25(18-4-2-1-3-5-18)34-28(37)19-8-9-31-23(16-19)35-11-14-38-15-12-35/h1-10,13,16-17,25H,11-12,14-15H2,(H,33,36)(H,34,37). The van der Waals surface area contributed by atoms with Gasteiger partial charge >= 0.3 is 0 Å². The Kier molecular flexibility index (Phi) is 6.83. The van der Waals surface area contributed by atoms with Crippen molar-refractivity contribution >= 4 is 34.2 Å². The zero-order valence-corrected chi connectivity index (χ0v) is 21.5. The number of hydrogen-bond donors (Lipinski definition) is 2. The number of carbonyl (C=O) groups is 1. The average molecular weight is 542 g/mol. The third kappa shape index (κ3) is 5.01. The van der Waals surface area contributed by atoms with Gasteiger partial charge in [0.05, 0.1) is 36.5 Å². The number of nitrogens with zero attached hydrogens (tertiary/aromatic N) is 3. The first-order chi connectivity index (χ1) is 19.1. The number of fused-ring (bicyclic) bond motifs is 1. The van der Waals surface area contributed by atoms with Crippen LogP contribution in [0.15, 0.2) is 88.5 Å². The van der Waals surface area contributed by atoms with Crippen LogP contribution in [-0.2, 0) is 4.74 Å². The van der Waals surface area contributed by atoms with Crippen molar-refractivity contribution < 1.29 is 13.9 Å². The molecular formula is C29H24ClN5O4. The number of aromatic amines is 1. The summed E-state index contributed by atoms with van der Waals surface area (Å²) >= 11 is 6.22.